The van der Waals surface area contributed by atoms with Gasteiger partial charge in [0.05, 0.1) is 12.7 Å². The normalized spacial score (nSPS) is 10.1. The third-order valence-corrected chi connectivity index (χ3v) is 2.99. The van der Waals surface area contributed by atoms with Crippen molar-refractivity contribution in [1.29, 1.82) is 0 Å². The van der Waals surface area contributed by atoms with Crippen LogP contribution in [0.1, 0.15) is 22.3 Å². The molecule has 2 nitrogen and oxygen atoms in total. The number of benzene rings is 1. The van der Waals surface area contributed by atoms with Gasteiger partial charge in [-0.2, -0.15) is 0 Å². The van der Waals surface area contributed by atoms with E-state index in [-0.39, 0.29) is 5.97 Å². The summed E-state index contributed by atoms with van der Waals surface area (Å²) >= 11 is 8.92. The minimum atomic E-state index is -0.324. The Kier molecular flexibility index (Phi) is 5.12. The Balaban J connectivity index is 2.89. The Morgan fingerprint density at radius 1 is 1.53 bits per heavy atom. The molecule has 0 aromatic heterocycles. The number of esters is 1. The van der Waals surface area contributed by atoms with Gasteiger partial charge in [0.25, 0.3) is 0 Å². The molecule has 0 fully saturated rings. The van der Waals surface area contributed by atoms with Gasteiger partial charge in [-0.1, -0.05) is 6.07 Å². The van der Waals surface area contributed by atoms with Crippen molar-refractivity contribution in [3.63, 3.8) is 0 Å². The van der Waals surface area contributed by atoms with Crippen LogP contribution in [0, 0.1) is 0 Å². The number of halogens is 2. The highest BCUT2D eigenvalue weighted by Gasteiger charge is 2.10. The number of rotatable bonds is 4. The molecule has 0 radical (unpaired) electrons. The molecule has 82 valence electrons. The molecule has 0 heterocycles. The van der Waals surface area contributed by atoms with Gasteiger partial charge in [0, 0.05) is 10.4 Å². The summed E-state index contributed by atoms with van der Waals surface area (Å²) in [5.41, 5.74) is 1.66. The molecule has 0 aliphatic heterocycles. The van der Waals surface area contributed by atoms with Crippen molar-refractivity contribution >= 4 is 33.5 Å². The molecule has 1 aromatic carbocycles. The molecule has 0 aliphatic rings. The van der Waals surface area contributed by atoms with Crippen LogP contribution in [0.3, 0.4) is 0 Å². The molecule has 0 saturated heterocycles. The maximum Gasteiger partial charge on any atom is 0.339 e. The first-order valence-corrected chi connectivity index (χ1v) is 5.94. The van der Waals surface area contributed by atoms with Gasteiger partial charge in [0.1, 0.15) is 0 Å². The van der Waals surface area contributed by atoms with Crippen LogP contribution in [-0.4, -0.2) is 19.0 Å². The Bertz CT molecular complexity index is 352. The van der Waals surface area contributed by atoms with Gasteiger partial charge >= 0.3 is 5.97 Å². The van der Waals surface area contributed by atoms with Gasteiger partial charge in [0.15, 0.2) is 0 Å². The second-order valence-corrected chi connectivity index (χ2v) is 4.33. The van der Waals surface area contributed by atoms with Gasteiger partial charge in [-0.25, -0.2) is 4.79 Å². The number of aryl methyl sites for hydroxylation is 1. The molecule has 0 unspecified atom stereocenters. The van der Waals surface area contributed by atoms with E-state index in [2.05, 4.69) is 20.7 Å². The fourth-order valence-corrected chi connectivity index (χ4v) is 1.81. The van der Waals surface area contributed by atoms with Crippen LogP contribution in [0.15, 0.2) is 22.7 Å². The first-order chi connectivity index (χ1) is 7.19. The zero-order chi connectivity index (χ0) is 11.3. The van der Waals surface area contributed by atoms with Crippen LogP contribution >= 0.6 is 27.5 Å². The van der Waals surface area contributed by atoms with Gasteiger partial charge in [-0.3, -0.25) is 0 Å². The van der Waals surface area contributed by atoms with Crippen LogP contribution < -0.4 is 0 Å². The molecule has 15 heavy (non-hydrogen) atoms. The maximum absolute atomic E-state index is 11.4. The summed E-state index contributed by atoms with van der Waals surface area (Å²) in [4.78, 5) is 11.4. The second-order valence-electron chi connectivity index (χ2n) is 3.10. The predicted molar refractivity (Wildman–Crippen MR) is 64.5 cm³/mol. The number of hydrogen-bond acceptors (Lipinski definition) is 2. The molecule has 0 amide bonds. The smallest absolute Gasteiger partial charge is 0.339 e. The first kappa shape index (κ1) is 12.5. The third-order valence-electron chi connectivity index (χ3n) is 2.04. The Hall–Kier alpha value is -0.540. The standard InChI is InChI=1S/C11H12BrClO2/c1-15-11(14)9-7-8(3-2-6-13)4-5-10(9)12/h4-5,7H,2-3,6H2,1H3. The first-order valence-electron chi connectivity index (χ1n) is 4.61. The van der Waals surface area contributed by atoms with E-state index >= 15 is 0 Å². The van der Waals surface area contributed by atoms with E-state index in [1.54, 1.807) is 0 Å². The highest BCUT2D eigenvalue weighted by molar-refractivity contribution is 9.10. The number of carbonyl (C=O) groups excluding carboxylic acids is 1. The predicted octanol–water partition coefficient (Wildman–Crippen LogP) is 3.41. The van der Waals surface area contributed by atoms with Crippen molar-refractivity contribution < 1.29 is 9.53 Å². The summed E-state index contributed by atoms with van der Waals surface area (Å²) in [6, 6.07) is 5.67. The van der Waals surface area contributed by atoms with Gasteiger partial charge in [0.2, 0.25) is 0 Å². The molecular formula is C11H12BrClO2. The lowest BCUT2D eigenvalue weighted by atomic mass is 10.1. The van der Waals surface area contributed by atoms with Gasteiger partial charge < -0.3 is 4.74 Å². The zero-order valence-electron chi connectivity index (χ0n) is 8.43. The maximum atomic E-state index is 11.4. The average Bonchev–Trinajstić information content (AvgIpc) is 2.27. The lowest BCUT2D eigenvalue weighted by Gasteiger charge is -2.05. The van der Waals surface area contributed by atoms with Crippen LogP contribution in [0.25, 0.3) is 0 Å². The van der Waals surface area contributed by atoms with Crippen molar-refractivity contribution in [2.24, 2.45) is 0 Å². The summed E-state index contributed by atoms with van der Waals surface area (Å²) in [5, 5.41) is 0. The molecule has 4 heteroatoms. The van der Waals surface area contributed by atoms with Crippen molar-refractivity contribution in [3.05, 3.63) is 33.8 Å². The summed E-state index contributed by atoms with van der Waals surface area (Å²) in [5.74, 6) is 0.304. The zero-order valence-corrected chi connectivity index (χ0v) is 10.8. The van der Waals surface area contributed by atoms with Crippen LogP contribution in [0.2, 0.25) is 0 Å². The average molecular weight is 292 g/mol. The largest absolute Gasteiger partial charge is 0.465 e. The Morgan fingerprint density at radius 2 is 2.27 bits per heavy atom. The Labute approximate surface area is 103 Å². The van der Waals surface area contributed by atoms with Crippen LogP contribution in [-0.2, 0) is 11.2 Å². The molecule has 0 bridgehead atoms. The van der Waals surface area contributed by atoms with Crippen molar-refractivity contribution in [2.45, 2.75) is 12.8 Å². The lowest BCUT2D eigenvalue weighted by molar-refractivity contribution is 0.0599. The molecule has 0 aliphatic carbocycles. The number of methoxy groups -OCH3 is 1. The number of carbonyl (C=O) groups is 1. The molecule has 0 saturated carbocycles. The minimum Gasteiger partial charge on any atom is -0.465 e. The number of ether oxygens (including phenoxy) is 1. The fourth-order valence-electron chi connectivity index (χ4n) is 1.27. The van der Waals surface area contributed by atoms with E-state index in [1.807, 2.05) is 18.2 Å². The Morgan fingerprint density at radius 3 is 2.87 bits per heavy atom. The molecule has 0 spiro atoms. The van der Waals surface area contributed by atoms with Crippen molar-refractivity contribution in [2.75, 3.05) is 13.0 Å². The number of alkyl halides is 1. The molecule has 1 rings (SSSR count). The van der Waals surface area contributed by atoms with E-state index in [0.29, 0.717) is 11.4 Å². The van der Waals surface area contributed by atoms with Gasteiger partial charge in [-0.15, -0.1) is 11.6 Å². The monoisotopic (exact) mass is 290 g/mol. The van der Waals surface area contributed by atoms with E-state index in [4.69, 9.17) is 11.6 Å². The molecular weight excluding hydrogens is 279 g/mol. The van der Waals surface area contributed by atoms with Crippen molar-refractivity contribution in [3.8, 4) is 0 Å². The van der Waals surface area contributed by atoms with E-state index in [9.17, 15) is 4.79 Å². The highest BCUT2D eigenvalue weighted by Crippen LogP contribution is 2.20. The second kappa shape index (κ2) is 6.13. The van der Waals surface area contributed by atoms with Crippen LogP contribution in [0.4, 0.5) is 0 Å². The third kappa shape index (κ3) is 3.50. The van der Waals surface area contributed by atoms with Crippen molar-refractivity contribution in [1.82, 2.24) is 0 Å². The molecule has 0 N–H and O–H groups in total. The minimum absolute atomic E-state index is 0.324. The highest BCUT2D eigenvalue weighted by atomic mass is 79.9. The fraction of sp³-hybridized carbons (Fsp3) is 0.364. The quantitative estimate of drug-likeness (QED) is 0.628. The van der Waals surface area contributed by atoms with E-state index in [0.717, 1.165) is 22.9 Å². The SMILES string of the molecule is COC(=O)c1cc(CCCCl)ccc1Br. The summed E-state index contributed by atoms with van der Waals surface area (Å²) < 4.78 is 5.44. The van der Waals surface area contributed by atoms with E-state index < -0.39 is 0 Å². The summed E-state index contributed by atoms with van der Waals surface area (Å²) in [7, 11) is 1.38. The lowest BCUT2D eigenvalue weighted by Crippen LogP contribution is -2.03. The molecule has 0 atom stereocenters. The topological polar surface area (TPSA) is 26.3 Å². The molecule has 1 aromatic rings. The van der Waals surface area contributed by atoms with Crippen LogP contribution in [0.5, 0.6) is 0 Å². The van der Waals surface area contributed by atoms with E-state index in [1.165, 1.54) is 7.11 Å². The summed E-state index contributed by atoms with van der Waals surface area (Å²) in [6.07, 6.45) is 1.78. The van der Waals surface area contributed by atoms with Gasteiger partial charge in [-0.05, 0) is 46.5 Å². The summed E-state index contributed by atoms with van der Waals surface area (Å²) in [6.45, 7) is 0. The number of hydrogen-bond donors (Lipinski definition) is 0.